The predicted octanol–water partition coefficient (Wildman–Crippen LogP) is 2.25. The normalized spacial score (nSPS) is 29.4. The zero-order valence-electron chi connectivity index (χ0n) is 10.1. The first-order chi connectivity index (χ1) is 6.77. The Morgan fingerprint density at radius 2 is 2.14 bits per heavy atom. The topological polar surface area (TPSA) is 15.3 Å². The smallest absolute Gasteiger partial charge is 0.00940 e. The lowest BCUT2D eigenvalue weighted by Gasteiger charge is -2.37. The second-order valence-electron chi connectivity index (χ2n) is 4.51. The molecule has 0 aromatic heterocycles. The molecule has 0 aromatic carbocycles. The number of rotatable bonds is 5. The Morgan fingerprint density at radius 3 is 2.71 bits per heavy atom. The second-order valence-corrected chi connectivity index (χ2v) is 4.51. The van der Waals surface area contributed by atoms with E-state index in [1.807, 2.05) is 0 Å². The molecule has 0 spiro atoms. The van der Waals surface area contributed by atoms with Crippen molar-refractivity contribution < 1.29 is 0 Å². The minimum Gasteiger partial charge on any atom is -0.314 e. The highest BCUT2D eigenvalue weighted by Gasteiger charge is 2.23. The van der Waals surface area contributed by atoms with E-state index in [9.17, 15) is 0 Å². The van der Waals surface area contributed by atoms with Crippen molar-refractivity contribution in [2.24, 2.45) is 0 Å². The molecule has 1 aliphatic rings. The molecule has 0 aromatic rings. The van der Waals surface area contributed by atoms with Crippen molar-refractivity contribution in [1.82, 2.24) is 10.2 Å². The van der Waals surface area contributed by atoms with Gasteiger partial charge >= 0.3 is 0 Å². The number of nitrogens with one attached hydrogen (secondary N) is 1. The van der Waals surface area contributed by atoms with E-state index in [1.54, 1.807) is 0 Å². The van der Waals surface area contributed by atoms with Gasteiger partial charge in [0.1, 0.15) is 0 Å². The third-order valence-corrected chi connectivity index (χ3v) is 3.38. The maximum absolute atomic E-state index is 3.67. The number of piperidine rings is 1. The largest absolute Gasteiger partial charge is 0.314 e. The Balaban J connectivity index is 2.18. The van der Waals surface area contributed by atoms with E-state index in [1.165, 1.54) is 45.3 Å². The van der Waals surface area contributed by atoms with Crippen molar-refractivity contribution >= 4 is 0 Å². The summed E-state index contributed by atoms with van der Waals surface area (Å²) in [7, 11) is 0. The van der Waals surface area contributed by atoms with Crippen LogP contribution in [0.4, 0.5) is 0 Å². The van der Waals surface area contributed by atoms with Gasteiger partial charge in [0.05, 0.1) is 0 Å². The Labute approximate surface area is 89.1 Å². The lowest BCUT2D eigenvalue weighted by atomic mass is 9.98. The molecule has 1 fully saturated rings. The first kappa shape index (κ1) is 12.0. The molecule has 0 aliphatic carbocycles. The SMILES string of the molecule is CCCCNC1CCN(CC)C(C)C1. The average molecular weight is 198 g/mol. The maximum atomic E-state index is 3.67. The summed E-state index contributed by atoms with van der Waals surface area (Å²) in [6.45, 7) is 10.6. The molecule has 2 nitrogen and oxygen atoms in total. The quantitative estimate of drug-likeness (QED) is 0.682. The van der Waals surface area contributed by atoms with Crippen LogP contribution in [-0.2, 0) is 0 Å². The van der Waals surface area contributed by atoms with E-state index < -0.39 is 0 Å². The highest BCUT2D eigenvalue weighted by molar-refractivity contribution is 4.82. The van der Waals surface area contributed by atoms with Crippen LogP contribution in [-0.4, -0.2) is 36.6 Å². The Morgan fingerprint density at radius 1 is 1.36 bits per heavy atom. The molecular weight excluding hydrogens is 172 g/mol. The first-order valence-corrected chi connectivity index (χ1v) is 6.25. The van der Waals surface area contributed by atoms with Crippen LogP contribution in [0.15, 0.2) is 0 Å². The average Bonchev–Trinajstić information content (AvgIpc) is 2.18. The number of likely N-dealkylation sites (tertiary alicyclic amines) is 1. The first-order valence-electron chi connectivity index (χ1n) is 6.25. The van der Waals surface area contributed by atoms with Crippen molar-refractivity contribution in [1.29, 1.82) is 0 Å². The molecular formula is C12H26N2. The van der Waals surface area contributed by atoms with Gasteiger partial charge in [-0.2, -0.15) is 0 Å². The van der Waals surface area contributed by atoms with Crippen LogP contribution in [0.3, 0.4) is 0 Å². The van der Waals surface area contributed by atoms with Gasteiger partial charge in [0.25, 0.3) is 0 Å². The van der Waals surface area contributed by atoms with Crippen LogP contribution in [0, 0.1) is 0 Å². The molecule has 0 radical (unpaired) electrons. The fourth-order valence-electron chi connectivity index (χ4n) is 2.36. The summed E-state index contributed by atoms with van der Waals surface area (Å²) in [6, 6.07) is 1.55. The van der Waals surface area contributed by atoms with Gasteiger partial charge in [-0.25, -0.2) is 0 Å². The zero-order chi connectivity index (χ0) is 10.4. The molecule has 1 rings (SSSR count). The molecule has 84 valence electrons. The molecule has 2 atom stereocenters. The van der Waals surface area contributed by atoms with E-state index in [4.69, 9.17) is 0 Å². The molecule has 2 heteroatoms. The van der Waals surface area contributed by atoms with Crippen molar-refractivity contribution in [2.75, 3.05) is 19.6 Å². The number of hydrogen-bond donors (Lipinski definition) is 1. The van der Waals surface area contributed by atoms with Gasteiger partial charge in [0, 0.05) is 12.1 Å². The highest BCUT2D eigenvalue weighted by atomic mass is 15.2. The molecule has 0 bridgehead atoms. The summed E-state index contributed by atoms with van der Waals surface area (Å²) < 4.78 is 0. The van der Waals surface area contributed by atoms with Crippen LogP contribution < -0.4 is 5.32 Å². The van der Waals surface area contributed by atoms with Gasteiger partial charge in [-0.15, -0.1) is 0 Å². The predicted molar refractivity (Wildman–Crippen MR) is 62.6 cm³/mol. The van der Waals surface area contributed by atoms with Gasteiger partial charge < -0.3 is 10.2 Å². The minimum absolute atomic E-state index is 0.771. The second kappa shape index (κ2) is 6.41. The molecule has 2 unspecified atom stereocenters. The van der Waals surface area contributed by atoms with Crippen LogP contribution in [0.2, 0.25) is 0 Å². The Bertz CT molecular complexity index is 145. The molecule has 1 aliphatic heterocycles. The Kier molecular flexibility index (Phi) is 5.49. The summed E-state index contributed by atoms with van der Waals surface area (Å²) >= 11 is 0. The highest BCUT2D eigenvalue weighted by Crippen LogP contribution is 2.16. The van der Waals surface area contributed by atoms with E-state index in [0.29, 0.717) is 0 Å². The summed E-state index contributed by atoms with van der Waals surface area (Å²) in [5, 5.41) is 3.67. The third kappa shape index (κ3) is 3.58. The van der Waals surface area contributed by atoms with Gasteiger partial charge in [0.15, 0.2) is 0 Å². The lowest BCUT2D eigenvalue weighted by molar-refractivity contribution is 0.143. The van der Waals surface area contributed by atoms with Gasteiger partial charge in [-0.3, -0.25) is 0 Å². The molecule has 0 saturated carbocycles. The molecule has 0 amide bonds. The van der Waals surface area contributed by atoms with Crippen molar-refractivity contribution in [3.8, 4) is 0 Å². The van der Waals surface area contributed by atoms with Crippen molar-refractivity contribution in [3.05, 3.63) is 0 Å². The molecule has 1 saturated heterocycles. The molecule has 1 heterocycles. The number of hydrogen-bond acceptors (Lipinski definition) is 2. The van der Waals surface area contributed by atoms with E-state index in [-0.39, 0.29) is 0 Å². The fraction of sp³-hybridized carbons (Fsp3) is 1.00. The lowest BCUT2D eigenvalue weighted by Crippen LogP contribution is -2.47. The molecule has 1 N–H and O–H groups in total. The zero-order valence-corrected chi connectivity index (χ0v) is 10.1. The number of nitrogens with zero attached hydrogens (tertiary/aromatic N) is 1. The van der Waals surface area contributed by atoms with E-state index in [0.717, 1.165) is 12.1 Å². The monoisotopic (exact) mass is 198 g/mol. The van der Waals surface area contributed by atoms with E-state index in [2.05, 4.69) is 31.0 Å². The third-order valence-electron chi connectivity index (χ3n) is 3.38. The summed E-state index contributed by atoms with van der Waals surface area (Å²) in [4.78, 5) is 2.58. The summed E-state index contributed by atoms with van der Waals surface area (Å²) in [5.41, 5.74) is 0. The van der Waals surface area contributed by atoms with E-state index >= 15 is 0 Å². The van der Waals surface area contributed by atoms with Crippen LogP contribution in [0.1, 0.15) is 46.5 Å². The van der Waals surface area contributed by atoms with Crippen molar-refractivity contribution in [3.63, 3.8) is 0 Å². The summed E-state index contributed by atoms with van der Waals surface area (Å²) in [6.07, 6.45) is 5.29. The van der Waals surface area contributed by atoms with Crippen LogP contribution in [0.5, 0.6) is 0 Å². The fourth-order valence-corrected chi connectivity index (χ4v) is 2.36. The number of unbranched alkanes of at least 4 members (excludes halogenated alkanes) is 1. The van der Waals surface area contributed by atoms with Gasteiger partial charge in [-0.1, -0.05) is 20.3 Å². The maximum Gasteiger partial charge on any atom is 0.00940 e. The van der Waals surface area contributed by atoms with Crippen molar-refractivity contribution in [2.45, 2.75) is 58.5 Å². The molecule has 14 heavy (non-hydrogen) atoms. The van der Waals surface area contributed by atoms with Gasteiger partial charge in [-0.05, 0) is 45.8 Å². The van der Waals surface area contributed by atoms with Crippen LogP contribution in [0.25, 0.3) is 0 Å². The summed E-state index contributed by atoms with van der Waals surface area (Å²) in [5.74, 6) is 0. The van der Waals surface area contributed by atoms with Gasteiger partial charge in [0.2, 0.25) is 0 Å². The standard InChI is InChI=1S/C12H26N2/c1-4-6-8-13-12-7-9-14(5-2)11(3)10-12/h11-13H,4-10H2,1-3H3. The Hall–Kier alpha value is -0.0800. The van der Waals surface area contributed by atoms with Crippen LogP contribution >= 0.6 is 0 Å². The minimum atomic E-state index is 0.771.